The summed E-state index contributed by atoms with van der Waals surface area (Å²) < 4.78 is 7.19. The lowest BCUT2D eigenvalue weighted by molar-refractivity contribution is -0.135. The van der Waals surface area contributed by atoms with Crippen LogP contribution in [0.2, 0.25) is 5.02 Å². The van der Waals surface area contributed by atoms with Crippen molar-refractivity contribution in [2.75, 3.05) is 26.3 Å². The highest BCUT2D eigenvalue weighted by Crippen LogP contribution is 2.24. The minimum absolute atomic E-state index is 0.171. The van der Waals surface area contributed by atoms with Crippen molar-refractivity contribution in [3.05, 3.63) is 52.3 Å². The highest BCUT2D eigenvalue weighted by Gasteiger charge is 2.19. The average molecular weight is 399 g/mol. The SMILES string of the molecule is Cc1nc2cc(-c3ccc(Cl)cc3)nn2c(C)c1CCC(=O)N1CCOCC1. The van der Waals surface area contributed by atoms with Crippen LogP contribution in [0.3, 0.4) is 0 Å². The van der Waals surface area contributed by atoms with Gasteiger partial charge in [0.05, 0.1) is 18.9 Å². The molecule has 3 heterocycles. The van der Waals surface area contributed by atoms with E-state index in [1.165, 1.54) is 0 Å². The van der Waals surface area contributed by atoms with Crippen LogP contribution in [0.15, 0.2) is 30.3 Å². The smallest absolute Gasteiger partial charge is 0.223 e. The summed E-state index contributed by atoms with van der Waals surface area (Å²) in [5, 5.41) is 5.43. The Kier molecular flexibility index (Phi) is 5.33. The zero-order chi connectivity index (χ0) is 19.7. The quantitative estimate of drug-likeness (QED) is 0.675. The molecule has 0 saturated carbocycles. The summed E-state index contributed by atoms with van der Waals surface area (Å²) in [5.74, 6) is 0.171. The van der Waals surface area contributed by atoms with E-state index in [4.69, 9.17) is 26.4 Å². The van der Waals surface area contributed by atoms with E-state index in [0.717, 1.165) is 33.9 Å². The Hall–Kier alpha value is -2.44. The van der Waals surface area contributed by atoms with Gasteiger partial charge in [-0.3, -0.25) is 4.79 Å². The molecule has 146 valence electrons. The number of carbonyl (C=O) groups excluding carboxylic acids is 1. The number of aryl methyl sites for hydroxylation is 2. The first-order chi connectivity index (χ1) is 13.5. The van der Waals surface area contributed by atoms with E-state index >= 15 is 0 Å². The molecule has 0 aliphatic carbocycles. The van der Waals surface area contributed by atoms with E-state index in [1.54, 1.807) is 0 Å². The van der Waals surface area contributed by atoms with Crippen molar-refractivity contribution >= 4 is 23.2 Å². The van der Waals surface area contributed by atoms with Gasteiger partial charge in [0.2, 0.25) is 5.91 Å². The van der Waals surface area contributed by atoms with E-state index in [0.29, 0.717) is 44.2 Å². The van der Waals surface area contributed by atoms with Gasteiger partial charge in [-0.05, 0) is 38.0 Å². The third-order valence-corrected chi connectivity index (χ3v) is 5.51. The molecule has 28 heavy (non-hydrogen) atoms. The Morgan fingerprint density at radius 2 is 1.89 bits per heavy atom. The Morgan fingerprint density at radius 3 is 2.61 bits per heavy atom. The molecule has 0 unspecified atom stereocenters. The number of rotatable bonds is 4. The molecule has 6 nitrogen and oxygen atoms in total. The predicted molar refractivity (Wildman–Crippen MR) is 109 cm³/mol. The van der Waals surface area contributed by atoms with Crippen LogP contribution in [-0.2, 0) is 16.0 Å². The van der Waals surface area contributed by atoms with Crippen LogP contribution in [0.25, 0.3) is 16.9 Å². The molecule has 1 fully saturated rings. The molecule has 4 rings (SSSR count). The molecule has 0 N–H and O–H groups in total. The summed E-state index contributed by atoms with van der Waals surface area (Å²) in [7, 11) is 0. The number of ether oxygens (including phenoxy) is 1. The number of carbonyl (C=O) groups is 1. The average Bonchev–Trinajstić information content (AvgIpc) is 3.13. The fourth-order valence-electron chi connectivity index (χ4n) is 3.65. The van der Waals surface area contributed by atoms with Crippen molar-refractivity contribution in [3.8, 4) is 11.3 Å². The fourth-order valence-corrected chi connectivity index (χ4v) is 3.78. The molecule has 1 saturated heterocycles. The number of fused-ring (bicyclic) bond motifs is 1. The van der Waals surface area contributed by atoms with E-state index in [2.05, 4.69) is 0 Å². The number of morpholine rings is 1. The number of amides is 1. The highest BCUT2D eigenvalue weighted by molar-refractivity contribution is 6.30. The molecule has 0 radical (unpaired) electrons. The molecule has 0 atom stereocenters. The monoisotopic (exact) mass is 398 g/mol. The van der Waals surface area contributed by atoms with Crippen LogP contribution in [0, 0.1) is 13.8 Å². The standard InChI is InChI=1S/C21H23ClN4O2/c1-14-18(7-8-21(27)25-9-11-28-12-10-25)15(2)26-20(23-14)13-19(24-26)16-3-5-17(22)6-4-16/h3-6,13H,7-12H2,1-2H3. The molecule has 0 spiro atoms. The van der Waals surface area contributed by atoms with Crippen molar-refractivity contribution in [3.63, 3.8) is 0 Å². The second kappa shape index (κ2) is 7.89. The fraction of sp³-hybridized carbons (Fsp3) is 0.381. The van der Waals surface area contributed by atoms with Crippen molar-refractivity contribution in [2.24, 2.45) is 0 Å². The maximum absolute atomic E-state index is 12.5. The van der Waals surface area contributed by atoms with Gasteiger partial charge in [0, 0.05) is 47.6 Å². The number of nitrogens with zero attached hydrogens (tertiary/aromatic N) is 4. The largest absolute Gasteiger partial charge is 0.378 e. The van der Waals surface area contributed by atoms with Crippen LogP contribution in [0.4, 0.5) is 0 Å². The molecule has 3 aromatic rings. The van der Waals surface area contributed by atoms with Gasteiger partial charge in [-0.2, -0.15) is 5.10 Å². The van der Waals surface area contributed by atoms with Crippen molar-refractivity contribution in [1.82, 2.24) is 19.5 Å². The molecule has 2 aromatic heterocycles. The van der Waals surface area contributed by atoms with Gasteiger partial charge in [-0.1, -0.05) is 23.7 Å². The first-order valence-electron chi connectivity index (χ1n) is 9.50. The highest BCUT2D eigenvalue weighted by atomic mass is 35.5. The predicted octanol–water partition coefficient (Wildman–Crippen LogP) is 3.46. The first-order valence-corrected chi connectivity index (χ1v) is 9.88. The summed E-state index contributed by atoms with van der Waals surface area (Å²) in [6.07, 6.45) is 1.13. The third kappa shape index (κ3) is 3.75. The molecule has 7 heteroatoms. The summed E-state index contributed by atoms with van der Waals surface area (Å²) in [6.45, 7) is 6.64. The molecule has 1 amide bonds. The second-order valence-electron chi connectivity index (χ2n) is 7.06. The maximum Gasteiger partial charge on any atom is 0.223 e. The van der Waals surface area contributed by atoms with Crippen LogP contribution < -0.4 is 0 Å². The topological polar surface area (TPSA) is 59.7 Å². The molecule has 1 aromatic carbocycles. The van der Waals surface area contributed by atoms with Gasteiger partial charge in [0.25, 0.3) is 0 Å². The summed E-state index contributed by atoms with van der Waals surface area (Å²) >= 11 is 5.99. The summed E-state index contributed by atoms with van der Waals surface area (Å²) in [5.41, 5.74) is 5.71. The van der Waals surface area contributed by atoms with Crippen LogP contribution in [0.5, 0.6) is 0 Å². The molecule has 1 aliphatic rings. The zero-order valence-electron chi connectivity index (χ0n) is 16.1. The number of hydrogen-bond acceptors (Lipinski definition) is 4. The lowest BCUT2D eigenvalue weighted by Gasteiger charge is -2.27. The van der Waals surface area contributed by atoms with Crippen molar-refractivity contribution < 1.29 is 9.53 Å². The number of aromatic nitrogens is 3. The molecular formula is C21H23ClN4O2. The van der Waals surface area contributed by atoms with Crippen LogP contribution in [-0.4, -0.2) is 51.7 Å². The van der Waals surface area contributed by atoms with Gasteiger partial charge in [-0.15, -0.1) is 0 Å². The van der Waals surface area contributed by atoms with E-state index < -0.39 is 0 Å². The normalized spacial score (nSPS) is 14.6. The Morgan fingerprint density at radius 1 is 1.18 bits per heavy atom. The number of halogens is 1. The van der Waals surface area contributed by atoms with Gasteiger partial charge in [0.1, 0.15) is 0 Å². The minimum atomic E-state index is 0.171. The van der Waals surface area contributed by atoms with Crippen molar-refractivity contribution in [1.29, 1.82) is 0 Å². The summed E-state index contributed by atoms with van der Waals surface area (Å²) in [4.78, 5) is 19.1. The van der Waals surface area contributed by atoms with E-state index in [1.807, 2.05) is 53.6 Å². The Balaban J connectivity index is 1.58. The van der Waals surface area contributed by atoms with Gasteiger partial charge in [-0.25, -0.2) is 9.50 Å². The zero-order valence-corrected chi connectivity index (χ0v) is 16.9. The van der Waals surface area contributed by atoms with Gasteiger partial charge in [0.15, 0.2) is 5.65 Å². The van der Waals surface area contributed by atoms with Crippen LogP contribution >= 0.6 is 11.6 Å². The Bertz CT molecular complexity index is 1010. The minimum Gasteiger partial charge on any atom is -0.378 e. The van der Waals surface area contributed by atoms with Gasteiger partial charge < -0.3 is 9.64 Å². The van der Waals surface area contributed by atoms with E-state index in [-0.39, 0.29) is 5.91 Å². The number of hydrogen-bond donors (Lipinski definition) is 0. The first kappa shape index (κ1) is 18.9. The lowest BCUT2D eigenvalue weighted by Crippen LogP contribution is -2.40. The summed E-state index contributed by atoms with van der Waals surface area (Å²) in [6, 6.07) is 9.60. The molecule has 1 aliphatic heterocycles. The van der Waals surface area contributed by atoms with E-state index in [9.17, 15) is 4.79 Å². The molecular weight excluding hydrogens is 376 g/mol. The second-order valence-corrected chi connectivity index (χ2v) is 7.50. The third-order valence-electron chi connectivity index (χ3n) is 5.26. The lowest BCUT2D eigenvalue weighted by atomic mass is 10.1. The van der Waals surface area contributed by atoms with Gasteiger partial charge >= 0.3 is 0 Å². The number of benzene rings is 1. The Labute approximate surface area is 169 Å². The maximum atomic E-state index is 12.5. The van der Waals surface area contributed by atoms with Crippen LogP contribution in [0.1, 0.15) is 23.4 Å². The molecule has 0 bridgehead atoms. The van der Waals surface area contributed by atoms with Crippen molar-refractivity contribution in [2.45, 2.75) is 26.7 Å².